The molecule has 0 radical (unpaired) electrons. The number of carboxylic acid groups (broad SMARTS) is 1. The van der Waals surface area contributed by atoms with Crippen molar-refractivity contribution in [1.82, 2.24) is 9.88 Å². The average molecular weight is 300 g/mol. The number of carboxylic acids is 1. The van der Waals surface area contributed by atoms with Gasteiger partial charge < -0.3 is 15.0 Å². The molecule has 1 heterocycles. The highest BCUT2D eigenvalue weighted by Crippen LogP contribution is 2.33. The lowest BCUT2D eigenvalue weighted by Crippen LogP contribution is -2.42. The normalized spacial score (nSPS) is 15.5. The van der Waals surface area contributed by atoms with Gasteiger partial charge in [0, 0.05) is 18.5 Å². The first-order chi connectivity index (χ1) is 10.5. The number of rotatable bonds is 4. The number of carbonyl (C=O) groups is 2. The van der Waals surface area contributed by atoms with Gasteiger partial charge in [-0.05, 0) is 24.8 Å². The number of para-hydroxylation sites is 1. The second-order valence-corrected chi connectivity index (χ2v) is 5.60. The van der Waals surface area contributed by atoms with Crippen LogP contribution >= 0.6 is 0 Å². The third kappa shape index (κ3) is 2.47. The molecule has 1 aromatic heterocycles. The van der Waals surface area contributed by atoms with Gasteiger partial charge in [0.2, 0.25) is 0 Å². The first kappa shape index (κ1) is 14.3. The average Bonchev–Trinajstić information content (AvgIpc) is 3.32. The number of carbonyl (C=O) groups excluding carboxylic acids is 1. The fourth-order valence-corrected chi connectivity index (χ4v) is 2.63. The molecular formula is C16H16N2O4. The number of nitrogens with one attached hydrogen (secondary N) is 1. The quantitative estimate of drug-likeness (QED) is 0.886. The molecule has 1 aliphatic carbocycles. The molecule has 0 bridgehead atoms. The number of benzene rings is 1. The van der Waals surface area contributed by atoms with Crippen LogP contribution in [0.5, 0.6) is 0 Å². The molecule has 6 nitrogen and oxygen atoms in total. The third-order valence-corrected chi connectivity index (χ3v) is 4.04. The van der Waals surface area contributed by atoms with Crippen LogP contribution in [0.3, 0.4) is 0 Å². The smallest absolute Gasteiger partial charge is 0.326 e. The van der Waals surface area contributed by atoms with Crippen molar-refractivity contribution in [3.8, 4) is 0 Å². The Kier molecular flexibility index (Phi) is 3.44. The van der Waals surface area contributed by atoms with Gasteiger partial charge in [-0.2, -0.15) is 0 Å². The molecule has 114 valence electrons. The van der Waals surface area contributed by atoms with E-state index in [1.54, 1.807) is 31.3 Å². The largest absolute Gasteiger partial charge is 0.480 e. The minimum absolute atomic E-state index is 0.0146. The summed E-state index contributed by atoms with van der Waals surface area (Å²) in [7, 11) is 1.64. The molecule has 3 rings (SSSR count). The van der Waals surface area contributed by atoms with Gasteiger partial charge in [0.05, 0.1) is 11.1 Å². The lowest BCUT2D eigenvalue weighted by Gasteiger charge is -2.15. The van der Waals surface area contributed by atoms with Crippen LogP contribution in [0, 0.1) is 5.92 Å². The van der Waals surface area contributed by atoms with E-state index < -0.39 is 17.9 Å². The molecule has 1 saturated carbocycles. The van der Waals surface area contributed by atoms with Crippen molar-refractivity contribution in [1.29, 1.82) is 0 Å². The molecule has 2 N–H and O–H groups in total. The molecule has 22 heavy (non-hydrogen) atoms. The van der Waals surface area contributed by atoms with E-state index in [9.17, 15) is 19.5 Å². The minimum atomic E-state index is -1.04. The monoisotopic (exact) mass is 300 g/mol. The van der Waals surface area contributed by atoms with Gasteiger partial charge in [0.25, 0.3) is 11.5 Å². The topological polar surface area (TPSA) is 88.4 Å². The van der Waals surface area contributed by atoms with Gasteiger partial charge in [-0.15, -0.1) is 0 Å². The molecule has 0 saturated heterocycles. The van der Waals surface area contributed by atoms with Crippen LogP contribution in [0.1, 0.15) is 23.2 Å². The Hall–Kier alpha value is -2.63. The minimum Gasteiger partial charge on any atom is -0.480 e. The highest BCUT2D eigenvalue weighted by molar-refractivity contribution is 6.07. The van der Waals surface area contributed by atoms with Crippen LogP contribution < -0.4 is 10.9 Å². The summed E-state index contributed by atoms with van der Waals surface area (Å²) in [5.41, 5.74) is 0.547. The van der Waals surface area contributed by atoms with E-state index in [1.807, 2.05) is 0 Å². The zero-order valence-electron chi connectivity index (χ0n) is 12.1. The van der Waals surface area contributed by atoms with Crippen LogP contribution in [0.15, 0.2) is 35.1 Å². The highest BCUT2D eigenvalue weighted by Gasteiger charge is 2.37. The van der Waals surface area contributed by atoms with Crippen LogP contribution in [0.25, 0.3) is 10.9 Å². The van der Waals surface area contributed by atoms with E-state index >= 15 is 0 Å². The number of amides is 1. The zero-order valence-corrected chi connectivity index (χ0v) is 12.1. The Morgan fingerprint density at radius 3 is 2.64 bits per heavy atom. The van der Waals surface area contributed by atoms with Crippen molar-refractivity contribution < 1.29 is 14.7 Å². The molecule has 2 aromatic rings. The van der Waals surface area contributed by atoms with Crippen LogP contribution in [0.2, 0.25) is 0 Å². The van der Waals surface area contributed by atoms with E-state index in [1.165, 1.54) is 10.6 Å². The summed E-state index contributed by atoms with van der Waals surface area (Å²) < 4.78 is 1.46. The summed E-state index contributed by atoms with van der Waals surface area (Å²) >= 11 is 0. The Balaban J connectivity index is 2.02. The van der Waals surface area contributed by atoms with Crippen molar-refractivity contribution in [2.75, 3.05) is 0 Å². The molecule has 0 spiro atoms. The standard InChI is InChI=1S/C16H16N2O4/c1-18-12-5-3-2-4-10(12)11(8-13(18)19)15(20)17-14(16(21)22)9-6-7-9/h2-5,8-9,14H,6-7H2,1H3,(H,17,20)(H,21,22). The molecule has 0 aliphatic heterocycles. The van der Waals surface area contributed by atoms with Gasteiger partial charge in [-0.25, -0.2) is 4.79 Å². The number of hydrogen-bond donors (Lipinski definition) is 2. The molecule has 1 atom stereocenters. The summed E-state index contributed by atoms with van der Waals surface area (Å²) in [4.78, 5) is 35.7. The lowest BCUT2D eigenvalue weighted by atomic mass is 10.1. The Morgan fingerprint density at radius 2 is 2.00 bits per heavy atom. The maximum absolute atomic E-state index is 12.4. The summed E-state index contributed by atoms with van der Waals surface area (Å²) in [6, 6.07) is 7.42. The predicted octanol–water partition coefficient (Wildman–Crippen LogP) is 1.13. The fourth-order valence-electron chi connectivity index (χ4n) is 2.63. The second kappa shape index (κ2) is 5.29. The van der Waals surface area contributed by atoms with Gasteiger partial charge in [0.1, 0.15) is 6.04 Å². The van der Waals surface area contributed by atoms with Crippen molar-refractivity contribution in [2.45, 2.75) is 18.9 Å². The van der Waals surface area contributed by atoms with Crippen molar-refractivity contribution in [2.24, 2.45) is 13.0 Å². The molecule has 1 amide bonds. The van der Waals surface area contributed by atoms with Crippen molar-refractivity contribution >= 4 is 22.8 Å². The van der Waals surface area contributed by atoms with E-state index in [-0.39, 0.29) is 17.0 Å². The molecule has 1 fully saturated rings. The first-order valence-electron chi connectivity index (χ1n) is 7.11. The van der Waals surface area contributed by atoms with Crippen LogP contribution in [-0.4, -0.2) is 27.6 Å². The SMILES string of the molecule is Cn1c(=O)cc(C(=O)NC(C(=O)O)C2CC2)c2ccccc21. The fraction of sp³-hybridized carbons (Fsp3) is 0.312. The summed E-state index contributed by atoms with van der Waals surface area (Å²) in [6.07, 6.45) is 1.60. The Labute approximate surface area is 126 Å². The number of aromatic nitrogens is 1. The van der Waals surface area contributed by atoms with Crippen LogP contribution in [0.4, 0.5) is 0 Å². The van der Waals surface area contributed by atoms with Crippen molar-refractivity contribution in [3.05, 3.63) is 46.2 Å². The number of fused-ring (bicyclic) bond motifs is 1. The van der Waals surface area contributed by atoms with Gasteiger partial charge in [-0.1, -0.05) is 18.2 Å². The summed E-state index contributed by atoms with van der Waals surface area (Å²) in [5, 5.41) is 12.4. The van der Waals surface area contributed by atoms with Gasteiger partial charge in [-0.3, -0.25) is 9.59 Å². The van der Waals surface area contributed by atoms with E-state index in [0.29, 0.717) is 10.9 Å². The number of nitrogens with zero attached hydrogens (tertiary/aromatic N) is 1. The maximum atomic E-state index is 12.4. The van der Waals surface area contributed by atoms with E-state index in [4.69, 9.17) is 0 Å². The molecular weight excluding hydrogens is 284 g/mol. The summed E-state index contributed by atoms with van der Waals surface area (Å²) in [6.45, 7) is 0. The number of aliphatic carboxylic acids is 1. The van der Waals surface area contributed by atoms with Gasteiger partial charge in [0.15, 0.2) is 0 Å². The lowest BCUT2D eigenvalue weighted by molar-refractivity contribution is -0.139. The van der Waals surface area contributed by atoms with E-state index in [2.05, 4.69) is 5.32 Å². The number of hydrogen-bond acceptors (Lipinski definition) is 3. The first-order valence-corrected chi connectivity index (χ1v) is 7.11. The predicted molar refractivity (Wildman–Crippen MR) is 80.8 cm³/mol. The second-order valence-electron chi connectivity index (χ2n) is 5.60. The third-order valence-electron chi connectivity index (χ3n) is 4.04. The number of aryl methyl sites for hydroxylation is 1. The van der Waals surface area contributed by atoms with Crippen molar-refractivity contribution in [3.63, 3.8) is 0 Å². The van der Waals surface area contributed by atoms with Crippen LogP contribution in [-0.2, 0) is 11.8 Å². The highest BCUT2D eigenvalue weighted by atomic mass is 16.4. The van der Waals surface area contributed by atoms with E-state index in [0.717, 1.165) is 12.8 Å². The molecule has 6 heteroatoms. The molecule has 1 unspecified atom stereocenters. The Morgan fingerprint density at radius 1 is 1.32 bits per heavy atom. The summed E-state index contributed by atoms with van der Waals surface area (Å²) in [5.74, 6) is -1.57. The Bertz CT molecular complexity index is 820. The number of pyridine rings is 1. The van der Waals surface area contributed by atoms with Gasteiger partial charge >= 0.3 is 5.97 Å². The maximum Gasteiger partial charge on any atom is 0.326 e. The molecule has 1 aliphatic rings. The molecule has 1 aromatic carbocycles. The zero-order chi connectivity index (χ0) is 15.9.